The molecule has 0 fully saturated rings. The van der Waals surface area contributed by atoms with Crippen molar-refractivity contribution < 1.29 is 47.4 Å². The molecule has 0 aliphatic carbocycles. The molecule has 3 aromatic rings. The van der Waals surface area contributed by atoms with E-state index < -0.39 is 24.1 Å². The zero-order valence-electron chi connectivity index (χ0n) is 22.8. The first-order valence-corrected chi connectivity index (χ1v) is 12.2. The summed E-state index contributed by atoms with van der Waals surface area (Å²) in [5.74, 6) is 3.45. The van der Waals surface area contributed by atoms with Crippen LogP contribution in [-0.2, 0) is 4.79 Å². The second-order valence-corrected chi connectivity index (χ2v) is 8.93. The largest absolute Gasteiger partial charge is 0.496 e. The topological polar surface area (TPSA) is 100 Å². The summed E-state index contributed by atoms with van der Waals surface area (Å²) < 4.78 is 52.3. The number of fused-ring (bicyclic) bond motifs is 5. The first-order chi connectivity index (χ1) is 18.9. The molecule has 10 heteroatoms. The first kappa shape index (κ1) is 26.1. The summed E-state index contributed by atoms with van der Waals surface area (Å²) in [5.41, 5.74) is 2.14. The second-order valence-electron chi connectivity index (χ2n) is 8.93. The van der Waals surface area contributed by atoms with Crippen LogP contribution in [0.25, 0.3) is 0 Å². The van der Waals surface area contributed by atoms with E-state index in [1.54, 1.807) is 59.8 Å². The van der Waals surface area contributed by atoms with Gasteiger partial charge in [-0.1, -0.05) is 0 Å². The number of rotatable bonds is 8. The lowest BCUT2D eigenvalue weighted by Gasteiger charge is -2.36. The maximum atomic E-state index is 12.1. The highest BCUT2D eigenvalue weighted by atomic mass is 16.6. The number of hydrogen-bond donors (Lipinski definition) is 0. The van der Waals surface area contributed by atoms with Crippen LogP contribution in [0.5, 0.6) is 51.7 Å². The lowest BCUT2D eigenvalue weighted by atomic mass is 9.80. The van der Waals surface area contributed by atoms with E-state index in [-0.39, 0.29) is 0 Å². The molecule has 3 atom stereocenters. The van der Waals surface area contributed by atoms with Gasteiger partial charge in [0.2, 0.25) is 5.75 Å². The van der Waals surface area contributed by atoms with Crippen LogP contribution in [0.2, 0.25) is 0 Å². The summed E-state index contributed by atoms with van der Waals surface area (Å²) in [7, 11) is 9.33. The Morgan fingerprint density at radius 3 is 1.69 bits per heavy atom. The molecule has 0 amide bonds. The van der Waals surface area contributed by atoms with Crippen molar-refractivity contribution in [3.63, 3.8) is 0 Å². The zero-order chi connectivity index (χ0) is 27.8. The van der Waals surface area contributed by atoms with Gasteiger partial charge in [-0.2, -0.15) is 0 Å². The minimum Gasteiger partial charge on any atom is -0.496 e. The van der Waals surface area contributed by atoms with E-state index >= 15 is 0 Å². The first-order valence-electron chi connectivity index (χ1n) is 12.2. The lowest BCUT2D eigenvalue weighted by molar-refractivity contribution is -0.131. The highest BCUT2D eigenvalue weighted by molar-refractivity contribution is 5.73. The molecule has 206 valence electrons. The standard InChI is InChI=1S/C29H30O10/c1-14(30)37-19-11-17(32-3)13-21-25(19)26-24-18(33-4)10-16(31-2)12-20(24)38-27(29(26)39-21)15-8-22(34-5)28(36-7)23(9-15)35-6/h8-13,26-27,29H,1-7H3/t26-,27-,29+/m1/s1. The van der Waals surface area contributed by atoms with Crippen LogP contribution < -0.4 is 42.6 Å². The average Bonchev–Trinajstić information content (AvgIpc) is 3.34. The third kappa shape index (κ3) is 4.35. The average molecular weight is 539 g/mol. The Balaban J connectivity index is 1.77. The van der Waals surface area contributed by atoms with E-state index in [9.17, 15) is 4.79 Å². The van der Waals surface area contributed by atoms with Gasteiger partial charge >= 0.3 is 5.97 Å². The van der Waals surface area contributed by atoms with Crippen LogP contribution >= 0.6 is 0 Å². The van der Waals surface area contributed by atoms with E-state index in [2.05, 4.69) is 0 Å². The van der Waals surface area contributed by atoms with Crippen molar-refractivity contribution >= 4 is 5.97 Å². The number of hydrogen-bond acceptors (Lipinski definition) is 10. The predicted molar refractivity (Wildman–Crippen MR) is 140 cm³/mol. The van der Waals surface area contributed by atoms with Crippen LogP contribution in [-0.4, -0.2) is 54.7 Å². The minimum absolute atomic E-state index is 0.332. The number of carbonyl (C=O) groups is 1. The van der Waals surface area contributed by atoms with Gasteiger partial charge < -0.3 is 42.6 Å². The monoisotopic (exact) mass is 538 g/mol. The number of benzene rings is 3. The second kappa shape index (κ2) is 10.4. The molecule has 0 spiro atoms. The number of esters is 1. The summed E-state index contributed by atoms with van der Waals surface area (Å²) in [4.78, 5) is 12.1. The molecule has 3 aromatic carbocycles. The van der Waals surface area contributed by atoms with Crippen molar-refractivity contribution in [2.45, 2.75) is 25.0 Å². The summed E-state index contributed by atoms with van der Waals surface area (Å²) in [5, 5.41) is 0. The van der Waals surface area contributed by atoms with E-state index in [1.807, 2.05) is 12.1 Å². The molecule has 2 heterocycles. The van der Waals surface area contributed by atoms with Crippen LogP contribution in [0.15, 0.2) is 36.4 Å². The van der Waals surface area contributed by atoms with Gasteiger partial charge in [-0.15, -0.1) is 0 Å². The van der Waals surface area contributed by atoms with Gasteiger partial charge in [0, 0.05) is 47.9 Å². The molecule has 10 nitrogen and oxygen atoms in total. The third-order valence-electron chi connectivity index (χ3n) is 6.88. The van der Waals surface area contributed by atoms with Gasteiger partial charge in [-0.05, 0) is 12.1 Å². The lowest BCUT2D eigenvalue weighted by Crippen LogP contribution is -2.36. The fourth-order valence-corrected chi connectivity index (χ4v) is 5.26. The molecular weight excluding hydrogens is 508 g/mol. The molecule has 5 rings (SSSR count). The maximum absolute atomic E-state index is 12.1. The number of methoxy groups -OCH3 is 6. The van der Waals surface area contributed by atoms with E-state index in [0.717, 1.165) is 11.1 Å². The van der Waals surface area contributed by atoms with Gasteiger partial charge in [0.15, 0.2) is 23.7 Å². The maximum Gasteiger partial charge on any atom is 0.308 e. The quantitative estimate of drug-likeness (QED) is 0.297. The molecule has 2 aliphatic rings. The van der Waals surface area contributed by atoms with Crippen LogP contribution in [0.4, 0.5) is 0 Å². The van der Waals surface area contributed by atoms with Crippen LogP contribution in [0, 0.1) is 0 Å². The zero-order valence-corrected chi connectivity index (χ0v) is 22.8. The Morgan fingerprint density at radius 2 is 1.18 bits per heavy atom. The van der Waals surface area contributed by atoms with Gasteiger partial charge in [0.25, 0.3) is 0 Å². The van der Waals surface area contributed by atoms with Gasteiger partial charge in [-0.25, -0.2) is 0 Å². The predicted octanol–water partition coefficient (Wildman–Crippen LogP) is 4.69. The summed E-state index contributed by atoms with van der Waals surface area (Å²) in [6, 6.07) is 10.7. The van der Waals surface area contributed by atoms with Crippen LogP contribution in [0.1, 0.15) is 35.6 Å². The smallest absolute Gasteiger partial charge is 0.308 e. The number of ether oxygens (including phenoxy) is 9. The van der Waals surface area contributed by atoms with E-state index in [4.69, 9.17) is 42.6 Å². The number of carbonyl (C=O) groups excluding carboxylic acids is 1. The summed E-state index contributed by atoms with van der Waals surface area (Å²) in [6.45, 7) is 1.35. The molecule has 0 unspecified atom stereocenters. The minimum atomic E-state index is -0.642. The molecule has 0 bridgehead atoms. The molecule has 0 saturated heterocycles. The Morgan fingerprint density at radius 1 is 0.641 bits per heavy atom. The van der Waals surface area contributed by atoms with Gasteiger partial charge in [0.05, 0.1) is 48.6 Å². The van der Waals surface area contributed by atoms with Crippen molar-refractivity contribution in [1.82, 2.24) is 0 Å². The molecule has 0 aromatic heterocycles. The Hall–Kier alpha value is -4.47. The summed E-state index contributed by atoms with van der Waals surface area (Å²) in [6.07, 6.45) is -1.23. The van der Waals surface area contributed by atoms with Crippen molar-refractivity contribution in [3.05, 3.63) is 53.1 Å². The molecule has 39 heavy (non-hydrogen) atoms. The molecular formula is C29H30O10. The van der Waals surface area contributed by atoms with Gasteiger partial charge in [-0.3, -0.25) is 4.79 Å². The van der Waals surface area contributed by atoms with Gasteiger partial charge in [0.1, 0.15) is 34.5 Å². The molecule has 0 saturated carbocycles. The van der Waals surface area contributed by atoms with Crippen molar-refractivity contribution in [2.75, 3.05) is 42.7 Å². The normalized spacial score (nSPS) is 18.4. The Bertz CT molecular complexity index is 1390. The molecule has 0 radical (unpaired) electrons. The van der Waals surface area contributed by atoms with Crippen LogP contribution in [0.3, 0.4) is 0 Å². The highest BCUT2D eigenvalue weighted by Crippen LogP contribution is 2.60. The SMILES string of the molecule is COc1cc(OC(C)=O)c2c(c1)O[C@H]1[C@@H]2c2c(OC)cc(OC)cc2O[C@@H]1c1cc(OC)c(OC)c(OC)c1. The molecule has 0 N–H and O–H groups in total. The third-order valence-corrected chi connectivity index (χ3v) is 6.88. The van der Waals surface area contributed by atoms with Crippen molar-refractivity contribution in [1.29, 1.82) is 0 Å². The fraction of sp³-hybridized carbons (Fsp3) is 0.345. The Labute approximate surface area is 226 Å². The molecule has 2 aliphatic heterocycles. The van der Waals surface area contributed by atoms with Crippen molar-refractivity contribution in [2.24, 2.45) is 0 Å². The Kier molecular flexibility index (Phi) is 6.94. The van der Waals surface area contributed by atoms with Crippen molar-refractivity contribution in [3.8, 4) is 51.7 Å². The summed E-state index contributed by atoms with van der Waals surface area (Å²) >= 11 is 0. The highest BCUT2D eigenvalue weighted by Gasteiger charge is 2.51. The fourth-order valence-electron chi connectivity index (χ4n) is 5.26. The van der Waals surface area contributed by atoms with E-state index in [1.165, 1.54) is 14.0 Å². The van der Waals surface area contributed by atoms with E-state index in [0.29, 0.717) is 57.3 Å².